The molecule has 2 nitrogen and oxygen atoms in total. The summed E-state index contributed by atoms with van der Waals surface area (Å²) in [5.41, 5.74) is 0.567. The van der Waals surface area contributed by atoms with Gasteiger partial charge in [-0.1, -0.05) is 13.8 Å². The number of rotatable bonds is 2. The van der Waals surface area contributed by atoms with Crippen LogP contribution in [0.1, 0.15) is 39.5 Å². The fourth-order valence-corrected chi connectivity index (χ4v) is 2.24. The summed E-state index contributed by atoms with van der Waals surface area (Å²) < 4.78 is 0. The lowest BCUT2D eigenvalue weighted by Gasteiger charge is -2.29. The van der Waals surface area contributed by atoms with Crippen molar-refractivity contribution in [1.82, 2.24) is 4.90 Å². The molecule has 2 fully saturated rings. The molecule has 1 saturated carbocycles. The zero-order valence-corrected chi connectivity index (χ0v) is 8.77. The Kier molecular flexibility index (Phi) is 2.09. The second kappa shape index (κ2) is 3.00. The summed E-state index contributed by atoms with van der Waals surface area (Å²) in [4.78, 5) is 2.29. The van der Waals surface area contributed by atoms with Gasteiger partial charge in [-0.05, 0) is 30.6 Å². The van der Waals surface area contributed by atoms with Crippen LogP contribution in [0.4, 0.5) is 0 Å². The van der Waals surface area contributed by atoms with E-state index in [0.29, 0.717) is 5.41 Å². The van der Waals surface area contributed by atoms with Crippen LogP contribution in [0.2, 0.25) is 0 Å². The molecule has 0 aromatic rings. The molecule has 1 aliphatic heterocycles. The molecule has 0 spiro atoms. The van der Waals surface area contributed by atoms with Gasteiger partial charge in [0.05, 0.1) is 5.84 Å². The lowest BCUT2D eigenvalue weighted by molar-refractivity contribution is 0.334. The molecule has 0 aromatic carbocycles. The fraction of sp³-hybridized carbons (Fsp3) is 0.909. The fourth-order valence-electron chi connectivity index (χ4n) is 2.24. The van der Waals surface area contributed by atoms with Crippen LogP contribution >= 0.6 is 0 Å². The normalized spacial score (nSPS) is 32.0. The lowest BCUT2D eigenvalue weighted by atomic mass is 10.1. The summed E-state index contributed by atoms with van der Waals surface area (Å²) in [6.45, 7) is 6.95. The number of likely N-dealkylation sites (tertiary alicyclic amines) is 1. The van der Waals surface area contributed by atoms with Crippen molar-refractivity contribution in [3.8, 4) is 0 Å². The van der Waals surface area contributed by atoms with Crippen molar-refractivity contribution in [2.24, 2.45) is 11.3 Å². The summed E-state index contributed by atoms with van der Waals surface area (Å²) >= 11 is 0. The Morgan fingerprint density at radius 3 is 2.69 bits per heavy atom. The van der Waals surface area contributed by atoms with Gasteiger partial charge >= 0.3 is 0 Å². The summed E-state index contributed by atoms with van der Waals surface area (Å²) in [6.07, 6.45) is 4.88. The highest BCUT2D eigenvalue weighted by molar-refractivity contribution is 5.79. The minimum atomic E-state index is 0.567. The number of amidine groups is 1. The molecular weight excluding hydrogens is 160 g/mol. The third-order valence-electron chi connectivity index (χ3n) is 3.63. The molecule has 0 amide bonds. The molecule has 2 rings (SSSR count). The first-order valence-electron chi connectivity index (χ1n) is 5.42. The van der Waals surface area contributed by atoms with Crippen molar-refractivity contribution in [2.45, 2.75) is 39.5 Å². The summed E-state index contributed by atoms with van der Waals surface area (Å²) in [5, 5.41) is 7.82. The third kappa shape index (κ3) is 1.87. The van der Waals surface area contributed by atoms with Gasteiger partial charge in [0.2, 0.25) is 0 Å². The first-order chi connectivity index (χ1) is 6.09. The van der Waals surface area contributed by atoms with Crippen LogP contribution in [0.5, 0.6) is 0 Å². The standard InChI is InChI=1S/C11H20N2/c1-11(2)7-9(11)8-13-6-4-3-5-10(13)12/h9,12H,3-8H2,1-2H3. The Bertz CT molecular complexity index is 220. The van der Waals surface area contributed by atoms with E-state index >= 15 is 0 Å². The predicted octanol–water partition coefficient (Wildman–Crippen LogP) is 2.50. The van der Waals surface area contributed by atoms with E-state index in [1.165, 1.54) is 19.3 Å². The van der Waals surface area contributed by atoms with Crippen LogP contribution in [-0.2, 0) is 0 Å². The topological polar surface area (TPSA) is 27.1 Å². The van der Waals surface area contributed by atoms with Gasteiger partial charge < -0.3 is 4.90 Å². The molecule has 1 heterocycles. The Labute approximate surface area is 80.8 Å². The lowest BCUT2D eigenvalue weighted by Crippen LogP contribution is -2.36. The molecule has 1 unspecified atom stereocenters. The van der Waals surface area contributed by atoms with E-state index in [4.69, 9.17) is 5.41 Å². The maximum absolute atomic E-state index is 7.82. The second-order valence-corrected chi connectivity index (χ2v) is 5.24. The van der Waals surface area contributed by atoms with Gasteiger partial charge in [-0.3, -0.25) is 5.41 Å². The smallest absolute Gasteiger partial charge is 0.0957 e. The Morgan fingerprint density at radius 2 is 2.15 bits per heavy atom. The van der Waals surface area contributed by atoms with Crippen molar-refractivity contribution >= 4 is 5.84 Å². The Hall–Kier alpha value is -0.530. The zero-order valence-electron chi connectivity index (χ0n) is 8.77. The monoisotopic (exact) mass is 180 g/mol. The second-order valence-electron chi connectivity index (χ2n) is 5.24. The van der Waals surface area contributed by atoms with E-state index in [0.717, 1.165) is 31.3 Å². The molecule has 1 atom stereocenters. The maximum atomic E-state index is 7.82. The minimum Gasteiger partial charge on any atom is -0.360 e. The molecule has 2 heteroatoms. The van der Waals surface area contributed by atoms with Gasteiger partial charge in [-0.15, -0.1) is 0 Å². The number of hydrogen-bond donors (Lipinski definition) is 1. The Morgan fingerprint density at radius 1 is 1.46 bits per heavy atom. The first kappa shape index (κ1) is 9.04. The van der Waals surface area contributed by atoms with Crippen LogP contribution in [0, 0.1) is 16.7 Å². The average Bonchev–Trinajstić information content (AvgIpc) is 2.64. The van der Waals surface area contributed by atoms with E-state index in [-0.39, 0.29) is 0 Å². The quantitative estimate of drug-likeness (QED) is 0.694. The highest BCUT2D eigenvalue weighted by Crippen LogP contribution is 2.51. The number of nitrogens with zero attached hydrogens (tertiary/aromatic N) is 1. The van der Waals surface area contributed by atoms with E-state index in [1.807, 2.05) is 0 Å². The molecular formula is C11H20N2. The van der Waals surface area contributed by atoms with Crippen molar-refractivity contribution in [2.75, 3.05) is 13.1 Å². The van der Waals surface area contributed by atoms with Crippen molar-refractivity contribution < 1.29 is 0 Å². The van der Waals surface area contributed by atoms with Gasteiger partial charge in [0.25, 0.3) is 0 Å². The van der Waals surface area contributed by atoms with Gasteiger partial charge in [0.15, 0.2) is 0 Å². The van der Waals surface area contributed by atoms with Gasteiger partial charge in [0.1, 0.15) is 0 Å². The van der Waals surface area contributed by atoms with E-state index < -0.39 is 0 Å². The van der Waals surface area contributed by atoms with Crippen LogP contribution in [0.15, 0.2) is 0 Å². The van der Waals surface area contributed by atoms with Gasteiger partial charge in [-0.25, -0.2) is 0 Å². The first-order valence-corrected chi connectivity index (χ1v) is 5.42. The predicted molar refractivity (Wildman–Crippen MR) is 55.0 cm³/mol. The van der Waals surface area contributed by atoms with Crippen molar-refractivity contribution in [3.63, 3.8) is 0 Å². The minimum absolute atomic E-state index is 0.567. The molecule has 13 heavy (non-hydrogen) atoms. The molecule has 0 aromatic heterocycles. The van der Waals surface area contributed by atoms with Crippen molar-refractivity contribution in [1.29, 1.82) is 5.41 Å². The molecule has 74 valence electrons. The summed E-state index contributed by atoms with van der Waals surface area (Å²) in [5.74, 6) is 1.74. The van der Waals surface area contributed by atoms with Gasteiger partial charge in [-0.2, -0.15) is 0 Å². The SMILES string of the molecule is CC1(C)CC1CN1CCCCC1=N. The number of nitrogens with one attached hydrogen (secondary N) is 1. The van der Waals surface area contributed by atoms with Crippen LogP contribution < -0.4 is 0 Å². The van der Waals surface area contributed by atoms with Crippen molar-refractivity contribution in [3.05, 3.63) is 0 Å². The summed E-state index contributed by atoms with van der Waals surface area (Å²) in [7, 11) is 0. The molecule has 2 aliphatic rings. The zero-order chi connectivity index (χ0) is 9.47. The van der Waals surface area contributed by atoms with E-state index in [1.54, 1.807) is 0 Å². The largest absolute Gasteiger partial charge is 0.360 e. The highest BCUT2D eigenvalue weighted by Gasteiger charge is 2.46. The van der Waals surface area contributed by atoms with Crippen LogP contribution in [0.25, 0.3) is 0 Å². The maximum Gasteiger partial charge on any atom is 0.0957 e. The van der Waals surface area contributed by atoms with Gasteiger partial charge in [0, 0.05) is 19.5 Å². The third-order valence-corrected chi connectivity index (χ3v) is 3.63. The molecule has 0 bridgehead atoms. The molecule has 0 radical (unpaired) electrons. The molecule has 1 aliphatic carbocycles. The van der Waals surface area contributed by atoms with E-state index in [2.05, 4.69) is 18.7 Å². The Balaban J connectivity index is 1.84. The van der Waals surface area contributed by atoms with E-state index in [9.17, 15) is 0 Å². The summed E-state index contributed by atoms with van der Waals surface area (Å²) in [6, 6.07) is 0. The number of piperidine rings is 1. The average molecular weight is 180 g/mol. The highest BCUT2D eigenvalue weighted by atomic mass is 15.2. The van der Waals surface area contributed by atoms with Crippen LogP contribution in [-0.4, -0.2) is 23.8 Å². The molecule has 1 saturated heterocycles. The number of hydrogen-bond acceptors (Lipinski definition) is 1. The van der Waals surface area contributed by atoms with Crippen LogP contribution in [0.3, 0.4) is 0 Å². The molecule has 1 N–H and O–H groups in total.